The number of hydrogen-bond donors (Lipinski definition) is 1. The molecule has 4 aromatic rings. The first kappa shape index (κ1) is 20.9. The Morgan fingerprint density at radius 1 is 1.13 bits per heavy atom. The highest BCUT2D eigenvalue weighted by Crippen LogP contribution is 2.32. The number of oxazole rings is 1. The van der Waals surface area contributed by atoms with Gasteiger partial charge in [-0.15, -0.1) is 0 Å². The second kappa shape index (κ2) is 9.22. The molecule has 0 radical (unpaired) electrons. The van der Waals surface area contributed by atoms with E-state index in [0.717, 1.165) is 22.2 Å². The number of ether oxygens (including phenoxy) is 2. The summed E-state index contributed by atoms with van der Waals surface area (Å²) in [5.74, 6) is 1.68. The Bertz CT molecular complexity index is 1240. The van der Waals surface area contributed by atoms with Crippen LogP contribution in [0.3, 0.4) is 0 Å². The number of fused-ring (bicyclic) bond motifs is 1. The van der Waals surface area contributed by atoms with Gasteiger partial charge in [-0.3, -0.25) is 4.79 Å². The molecular formula is C24H21BrN2O4. The number of methoxy groups -OCH3 is 1. The minimum absolute atomic E-state index is 0.218. The predicted molar refractivity (Wildman–Crippen MR) is 124 cm³/mol. The average molecular weight is 481 g/mol. The van der Waals surface area contributed by atoms with Crippen molar-refractivity contribution in [2.75, 3.05) is 19.0 Å². The summed E-state index contributed by atoms with van der Waals surface area (Å²) in [7, 11) is 1.61. The third-order valence-corrected chi connectivity index (χ3v) is 5.23. The zero-order valence-corrected chi connectivity index (χ0v) is 18.7. The van der Waals surface area contributed by atoms with Crippen LogP contribution in [-0.4, -0.2) is 24.6 Å². The molecule has 0 atom stereocenters. The van der Waals surface area contributed by atoms with E-state index in [9.17, 15) is 4.79 Å². The molecule has 4 rings (SSSR count). The zero-order chi connectivity index (χ0) is 21.8. The van der Waals surface area contributed by atoms with Crippen LogP contribution in [0, 0.1) is 0 Å². The Morgan fingerprint density at radius 3 is 2.77 bits per heavy atom. The first-order chi connectivity index (χ1) is 15.1. The fourth-order valence-electron chi connectivity index (χ4n) is 3.08. The third-order valence-electron chi connectivity index (χ3n) is 4.61. The van der Waals surface area contributed by atoms with Crippen LogP contribution in [-0.2, 0) is 0 Å². The molecule has 0 saturated carbocycles. The molecule has 1 amide bonds. The standard InChI is InChI=1S/C24H21BrN2O4/c1-3-11-30-18-6-4-5-15(12-18)23(28)26-17-8-10-22-20(14-17)27-24(31-22)16-7-9-21(29-2)19(25)13-16/h4-10,12-14H,3,11H2,1-2H3,(H,26,28). The molecule has 7 heteroatoms. The molecular weight excluding hydrogens is 460 g/mol. The van der Waals surface area contributed by atoms with E-state index in [1.165, 1.54) is 0 Å². The van der Waals surface area contributed by atoms with Crippen molar-refractivity contribution < 1.29 is 18.7 Å². The van der Waals surface area contributed by atoms with Gasteiger partial charge in [0, 0.05) is 16.8 Å². The second-order valence-corrected chi connectivity index (χ2v) is 7.74. The van der Waals surface area contributed by atoms with Crippen LogP contribution in [0.25, 0.3) is 22.6 Å². The first-order valence-electron chi connectivity index (χ1n) is 9.86. The van der Waals surface area contributed by atoms with E-state index in [2.05, 4.69) is 26.2 Å². The summed E-state index contributed by atoms with van der Waals surface area (Å²) in [6.45, 7) is 2.65. The molecule has 0 aliphatic carbocycles. The molecule has 0 fully saturated rings. The molecule has 1 N–H and O–H groups in total. The lowest BCUT2D eigenvalue weighted by Crippen LogP contribution is -2.12. The van der Waals surface area contributed by atoms with Crippen molar-refractivity contribution in [3.05, 3.63) is 70.7 Å². The summed E-state index contributed by atoms with van der Waals surface area (Å²) in [5, 5.41) is 2.91. The van der Waals surface area contributed by atoms with Crippen LogP contribution >= 0.6 is 15.9 Å². The van der Waals surface area contributed by atoms with Gasteiger partial charge in [0.1, 0.15) is 17.0 Å². The molecule has 158 valence electrons. The van der Waals surface area contributed by atoms with Gasteiger partial charge in [-0.05, 0) is 76.9 Å². The molecule has 0 aliphatic rings. The lowest BCUT2D eigenvalue weighted by molar-refractivity contribution is 0.102. The molecule has 1 heterocycles. The van der Waals surface area contributed by atoms with Crippen molar-refractivity contribution in [3.63, 3.8) is 0 Å². The number of nitrogens with one attached hydrogen (secondary N) is 1. The Hall–Kier alpha value is -3.32. The molecule has 3 aromatic carbocycles. The van der Waals surface area contributed by atoms with Crippen molar-refractivity contribution in [2.24, 2.45) is 0 Å². The lowest BCUT2D eigenvalue weighted by Gasteiger charge is -2.08. The summed E-state index contributed by atoms with van der Waals surface area (Å²) in [6.07, 6.45) is 0.906. The van der Waals surface area contributed by atoms with Crippen LogP contribution < -0.4 is 14.8 Å². The highest BCUT2D eigenvalue weighted by Gasteiger charge is 2.13. The molecule has 0 unspecified atom stereocenters. The Kier molecular flexibility index (Phi) is 6.23. The maximum atomic E-state index is 12.7. The van der Waals surface area contributed by atoms with Gasteiger partial charge in [-0.2, -0.15) is 0 Å². The summed E-state index contributed by atoms with van der Waals surface area (Å²) in [5.41, 5.74) is 3.26. The summed E-state index contributed by atoms with van der Waals surface area (Å²) < 4.78 is 17.6. The number of anilines is 1. The minimum Gasteiger partial charge on any atom is -0.496 e. The number of hydrogen-bond acceptors (Lipinski definition) is 5. The van der Waals surface area contributed by atoms with Gasteiger partial charge in [0.05, 0.1) is 18.2 Å². The number of aromatic nitrogens is 1. The van der Waals surface area contributed by atoms with Crippen molar-refractivity contribution in [3.8, 4) is 23.0 Å². The van der Waals surface area contributed by atoms with Gasteiger partial charge >= 0.3 is 0 Å². The highest BCUT2D eigenvalue weighted by atomic mass is 79.9. The predicted octanol–water partition coefficient (Wildman–Crippen LogP) is 6.31. The van der Waals surface area contributed by atoms with Crippen molar-refractivity contribution >= 4 is 38.6 Å². The molecule has 0 aliphatic heterocycles. The second-order valence-electron chi connectivity index (χ2n) is 6.88. The quantitative estimate of drug-likeness (QED) is 0.335. The van der Waals surface area contributed by atoms with Gasteiger partial charge < -0.3 is 19.2 Å². The number of benzene rings is 3. The molecule has 0 bridgehead atoms. The number of amides is 1. The lowest BCUT2D eigenvalue weighted by atomic mass is 10.2. The van der Waals surface area contributed by atoms with Gasteiger partial charge in [0.2, 0.25) is 5.89 Å². The Labute approximate surface area is 188 Å². The van der Waals surface area contributed by atoms with E-state index >= 15 is 0 Å². The number of halogens is 1. The van der Waals surface area contributed by atoms with Crippen LogP contribution in [0.4, 0.5) is 5.69 Å². The van der Waals surface area contributed by atoms with Crippen LogP contribution in [0.1, 0.15) is 23.7 Å². The summed E-state index contributed by atoms with van der Waals surface area (Å²) in [4.78, 5) is 17.2. The minimum atomic E-state index is -0.218. The number of nitrogens with zero attached hydrogens (tertiary/aromatic N) is 1. The fourth-order valence-corrected chi connectivity index (χ4v) is 3.62. The van der Waals surface area contributed by atoms with E-state index in [4.69, 9.17) is 13.9 Å². The van der Waals surface area contributed by atoms with Crippen LogP contribution in [0.2, 0.25) is 0 Å². The first-order valence-corrected chi connectivity index (χ1v) is 10.7. The van der Waals surface area contributed by atoms with E-state index < -0.39 is 0 Å². The van der Waals surface area contributed by atoms with Crippen molar-refractivity contribution in [1.82, 2.24) is 4.98 Å². The van der Waals surface area contributed by atoms with E-state index in [0.29, 0.717) is 40.6 Å². The maximum absolute atomic E-state index is 12.7. The Morgan fingerprint density at radius 2 is 2.00 bits per heavy atom. The van der Waals surface area contributed by atoms with E-state index in [1.54, 1.807) is 43.5 Å². The largest absolute Gasteiger partial charge is 0.496 e. The average Bonchev–Trinajstić information content (AvgIpc) is 3.21. The SMILES string of the molecule is CCCOc1cccc(C(=O)Nc2ccc3oc(-c4ccc(OC)c(Br)c4)nc3c2)c1. The molecule has 0 saturated heterocycles. The maximum Gasteiger partial charge on any atom is 0.255 e. The van der Waals surface area contributed by atoms with Gasteiger partial charge in [-0.25, -0.2) is 4.98 Å². The summed E-state index contributed by atoms with van der Waals surface area (Å²) >= 11 is 3.48. The Balaban J connectivity index is 1.54. The highest BCUT2D eigenvalue weighted by molar-refractivity contribution is 9.10. The van der Waals surface area contributed by atoms with Gasteiger partial charge in [0.15, 0.2) is 5.58 Å². The van der Waals surface area contributed by atoms with E-state index in [-0.39, 0.29) is 5.91 Å². The normalized spacial score (nSPS) is 10.8. The van der Waals surface area contributed by atoms with E-state index in [1.807, 2.05) is 31.2 Å². The molecule has 6 nitrogen and oxygen atoms in total. The van der Waals surface area contributed by atoms with Crippen molar-refractivity contribution in [2.45, 2.75) is 13.3 Å². The van der Waals surface area contributed by atoms with Crippen LogP contribution in [0.15, 0.2) is 69.6 Å². The summed E-state index contributed by atoms with van der Waals surface area (Å²) in [6, 6.07) is 18.1. The smallest absolute Gasteiger partial charge is 0.255 e. The zero-order valence-electron chi connectivity index (χ0n) is 17.1. The van der Waals surface area contributed by atoms with Gasteiger partial charge in [-0.1, -0.05) is 13.0 Å². The van der Waals surface area contributed by atoms with Crippen LogP contribution in [0.5, 0.6) is 11.5 Å². The fraction of sp³-hybridized carbons (Fsp3) is 0.167. The third kappa shape index (κ3) is 4.72. The number of carbonyl (C=O) groups is 1. The topological polar surface area (TPSA) is 73.6 Å². The number of carbonyl (C=O) groups excluding carboxylic acids is 1. The van der Waals surface area contributed by atoms with Crippen molar-refractivity contribution in [1.29, 1.82) is 0 Å². The van der Waals surface area contributed by atoms with Gasteiger partial charge in [0.25, 0.3) is 5.91 Å². The molecule has 31 heavy (non-hydrogen) atoms. The molecule has 0 spiro atoms. The molecule has 1 aromatic heterocycles. The monoisotopic (exact) mass is 480 g/mol. The number of rotatable bonds is 7.